The van der Waals surface area contributed by atoms with Crippen molar-refractivity contribution in [2.75, 3.05) is 25.2 Å². The van der Waals surface area contributed by atoms with E-state index >= 15 is 0 Å². The summed E-state index contributed by atoms with van der Waals surface area (Å²) in [5, 5.41) is 0. The monoisotopic (exact) mass is 264 g/mol. The van der Waals surface area contributed by atoms with E-state index in [1.807, 2.05) is 24.0 Å². The standard InChI is InChI=1S/C14H24N4O/c1-5-18(13-8-6-7-11(2)9-13)14(17-15)16-12(3)10-19-4/h6-9,12H,5,10,15H2,1-4H3,(H,16,17). The summed E-state index contributed by atoms with van der Waals surface area (Å²) in [4.78, 5) is 6.58. The summed E-state index contributed by atoms with van der Waals surface area (Å²) in [6, 6.07) is 8.30. The van der Waals surface area contributed by atoms with Crippen LogP contribution >= 0.6 is 0 Å². The fourth-order valence-corrected chi connectivity index (χ4v) is 1.92. The predicted molar refractivity (Wildman–Crippen MR) is 80.3 cm³/mol. The average Bonchev–Trinajstić information content (AvgIpc) is 2.38. The summed E-state index contributed by atoms with van der Waals surface area (Å²) < 4.78 is 5.09. The number of nitrogens with one attached hydrogen (secondary N) is 1. The molecular formula is C14H24N4O. The molecule has 0 aliphatic carbocycles. The summed E-state index contributed by atoms with van der Waals surface area (Å²) in [5.74, 6) is 6.26. The molecule has 0 fully saturated rings. The number of nitrogens with zero attached hydrogens (tertiary/aromatic N) is 2. The molecular weight excluding hydrogens is 240 g/mol. The van der Waals surface area contributed by atoms with Gasteiger partial charge in [0.2, 0.25) is 5.96 Å². The van der Waals surface area contributed by atoms with Gasteiger partial charge >= 0.3 is 0 Å². The smallest absolute Gasteiger partial charge is 0.213 e. The molecule has 1 atom stereocenters. The lowest BCUT2D eigenvalue weighted by atomic mass is 10.2. The van der Waals surface area contributed by atoms with Crippen molar-refractivity contribution in [3.05, 3.63) is 29.8 Å². The third kappa shape index (κ3) is 4.54. The number of nitrogens with two attached hydrogens (primary N) is 1. The highest BCUT2D eigenvalue weighted by Gasteiger charge is 2.12. The van der Waals surface area contributed by atoms with Crippen molar-refractivity contribution in [2.45, 2.75) is 26.8 Å². The number of benzene rings is 1. The second-order valence-corrected chi connectivity index (χ2v) is 4.48. The third-order valence-corrected chi connectivity index (χ3v) is 2.76. The Morgan fingerprint density at radius 1 is 1.53 bits per heavy atom. The zero-order valence-corrected chi connectivity index (χ0v) is 12.2. The van der Waals surface area contributed by atoms with Crippen LogP contribution in [0.5, 0.6) is 0 Å². The van der Waals surface area contributed by atoms with Crippen LogP contribution in [-0.4, -0.2) is 32.3 Å². The Labute approximate surface area is 115 Å². The maximum Gasteiger partial charge on any atom is 0.213 e. The summed E-state index contributed by atoms with van der Waals surface area (Å²) in [5.41, 5.74) is 4.96. The number of hydrogen-bond donors (Lipinski definition) is 2. The van der Waals surface area contributed by atoms with Gasteiger partial charge in [-0.2, -0.15) is 0 Å². The van der Waals surface area contributed by atoms with E-state index in [-0.39, 0.29) is 6.04 Å². The van der Waals surface area contributed by atoms with Gasteiger partial charge in [-0.05, 0) is 38.5 Å². The van der Waals surface area contributed by atoms with Gasteiger partial charge in [0, 0.05) is 19.3 Å². The van der Waals surface area contributed by atoms with E-state index in [0.717, 1.165) is 12.2 Å². The lowest BCUT2D eigenvalue weighted by molar-refractivity contribution is 0.185. The molecule has 1 unspecified atom stereocenters. The van der Waals surface area contributed by atoms with Gasteiger partial charge in [-0.15, -0.1) is 0 Å². The van der Waals surface area contributed by atoms with Crippen molar-refractivity contribution in [1.82, 2.24) is 5.43 Å². The first-order valence-electron chi connectivity index (χ1n) is 6.49. The first-order chi connectivity index (χ1) is 9.12. The van der Waals surface area contributed by atoms with E-state index in [0.29, 0.717) is 12.6 Å². The minimum absolute atomic E-state index is 0.0508. The van der Waals surface area contributed by atoms with Gasteiger partial charge in [-0.25, -0.2) is 10.8 Å². The Hall–Kier alpha value is -1.59. The third-order valence-electron chi connectivity index (χ3n) is 2.76. The topological polar surface area (TPSA) is 62.9 Å². The van der Waals surface area contributed by atoms with Gasteiger partial charge in [0.25, 0.3) is 0 Å². The van der Waals surface area contributed by atoms with E-state index in [9.17, 15) is 0 Å². The number of hydrogen-bond acceptors (Lipinski definition) is 3. The van der Waals surface area contributed by atoms with Gasteiger partial charge in [-0.3, -0.25) is 5.43 Å². The molecule has 3 N–H and O–H groups in total. The molecule has 1 aromatic rings. The Morgan fingerprint density at radius 2 is 2.26 bits per heavy atom. The molecule has 0 amide bonds. The van der Waals surface area contributed by atoms with Gasteiger partial charge in [-0.1, -0.05) is 12.1 Å². The Kier molecular flexibility index (Phi) is 6.32. The minimum Gasteiger partial charge on any atom is -0.382 e. The van der Waals surface area contributed by atoms with Crippen molar-refractivity contribution in [2.24, 2.45) is 10.8 Å². The second kappa shape index (κ2) is 7.76. The molecule has 0 saturated carbocycles. The van der Waals surface area contributed by atoms with E-state index in [2.05, 4.69) is 36.4 Å². The Morgan fingerprint density at radius 3 is 2.79 bits per heavy atom. The van der Waals surface area contributed by atoms with Crippen LogP contribution in [0.25, 0.3) is 0 Å². The minimum atomic E-state index is 0.0508. The average molecular weight is 264 g/mol. The molecule has 5 heteroatoms. The van der Waals surface area contributed by atoms with Crippen molar-refractivity contribution in [1.29, 1.82) is 0 Å². The first kappa shape index (κ1) is 15.5. The molecule has 0 aliphatic rings. The number of guanidine groups is 1. The predicted octanol–water partition coefficient (Wildman–Crippen LogP) is 1.68. The molecule has 0 saturated heterocycles. The van der Waals surface area contributed by atoms with Gasteiger partial charge in [0.1, 0.15) is 0 Å². The summed E-state index contributed by atoms with van der Waals surface area (Å²) >= 11 is 0. The molecule has 0 spiro atoms. The fourth-order valence-electron chi connectivity index (χ4n) is 1.92. The van der Waals surface area contributed by atoms with Crippen molar-refractivity contribution in [3.63, 3.8) is 0 Å². The van der Waals surface area contributed by atoms with Crippen LogP contribution in [0.4, 0.5) is 5.69 Å². The van der Waals surface area contributed by atoms with Crippen molar-refractivity contribution < 1.29 is 4.74 Å². The summed E-state index contributed by atoms with van der Waals surface area (Å²) in [6.45, 7) is 7.47. The first-order valence-corrected chi connectivity index (χ1v) is 6.49. The van der Waals surface area contributed by atoms with E-state index < -0.39 is 0 Å². The molecule has 0 heterocycles. The number of aryl methyl sites for hydroxylation is 1. The second-order valence-electron chi connectivity index (χ2n) is 4.48. The number of hydrazine groups is 1. The lowest BCUT2D eigenvalue weighted by Crippen LogP contribution is -2.45. The number of rotatable bonds is 5. The van der Waals surface area contributed by atoms with E-state index in [1.165, 1.54) is 5.56 Å². The molecule has 1 rings (SSSR count). The number of methoxy groups -OCH3 is 1. The maximum atomic E-state index is 5.61. The molecule has 0 radical (unpaired) electrons. The van der Waals surface area contributed by atoms with Gasteiger partial charge in [0.05, 0.1) is 12.6 Å². The highest BCUT2D eigenvalue weighted by molar-refractivity contribution is 5.95. The molecule has 19 heavy (non-hydrogen) atoms. The van der Waals surface area contributed by atoms with E-state index in [1.54, 1.807) is 7.11 Å². The number of ether oxygens (including phenoxy) is 1. The van der Waals surface area contributed by atoms with Crippen LogP contribution in [0.1, 0.15) is 19.4 Å². The molecule has 1 aromatic carbocycles. The molecule has 0 aromatic heterocycles. The number of anilines is 1. The quantitative estimate of drug-likeness (QED) is 0.367. The van der Waals surface area contributed by atoms with Crippen molar-refractivity contribution >= 4 is 11.6 Å². The van der Waals surface area contributed by atoms with Crippen LogP contribution < -0.4 is 16.2 Å². The normalized spacial score (nSPS) is 13.2. The molecule has 0 aliphatic heterocycles. The van der Waals surface area contributed by atoms with Crippen LogP contribution in [0.2, 0.25) is 0 Å². The number of aliphatic imine (C=N–C) groups is 1. The van der Waals surface area contributed by atoms with E-state index in [4.69, 9.17) is 10.6 Å². The summed E-state index contributed by atoms with van der Waals surface area (Å²) in [7, 11) is 1.67. The van der Waals surface area contributed by atoms with Crippen LogP contribution in [0, 0.1) is 6.92 Å². The fraction of sp³-hybridized carbons (Fsp3) is 0.500. The molecule has 106 valence electrons. The zero-order chi connectivity index (χ0) is 14.3. The van der Waals surface area contributed by atoms with Crippen LogP contribution in [0.3, 0.4) is 0 Å². The maximum absolute atomic E-state index is 5.61. The van der Waals surface area contributed by atoms with Gasteiger partial charge in [0.15, 0.2) is 0 Å². The Bertz CT molecular complexity index is 420. The lowest BCUT2D eigenvalue weighted by Gasteiger charge is -2.25. The largest absolute Gasteiger partial charge is 0.382 e. The highest BCUT2D eigenvalue weighted by Crippen LogP contribution is 2.16. The highest BCUT2D eigenvalue weighted by atomic mass is 16.5. The van der Waals surface area contributed by atoms with Crippen LogP contribution in [-0.2, 0) is 4.74 Å². The zero-order valence-electron chi connectivity index (χ0n) is 12.2. The molecule has 0 bridgehead atoms. The van der Waals surface area contributed by atoms with Crippen LogP contribution in [0.15, 0.2) is 29.3 Å². The summed E-state index contributed by atoms with van der Waals surface area (Å²) in [6.07, 6.45) is 0. The van der Waals surface area contributed by atoms with Gasteiger partial charge < -0.3 is 9.64 Å². The van der Waals surface area contributed by atoms with Crippen molar-refractivity contribution in [3.8, 4) is 0 Å². The SMILES string of the molecule is CCN(C(=NC(C)COC)NN)c1cccc(C)c1. The molecule has 5 nitrogen and oxygen atoms in total. The Balaban J connectivity index is 2.99.